The molecule has 1 heterocycles. The Morgan fingerprint density at radius 1 is 1.47 bits per heavy atom. The summed E-state index contributed by atoms with van der Waals surface area (Å²) in [7, 11) is 0. The van der Waals surface area contributed by atoms with E-state index < -0.39 is 0 Å². The maximum atomic E-state index is 12.0. The summed E-state index contributed by atoms with van der Waals surface area (Å²) in [5.41, 5.74) is 0. The van der Waals surface area contributed by atoms with Crippen molar-refractivity contribution in [2.75, 3.05) is 6.61 Å². The van der Waals surface area contributed by atoms with Crippen LogP contribution in [0, 0.1) is 11.8 Å². The van der Waals surface area contributed by atoms with E-state index in [0.29, 0.717) is 18.3 Å². The summed E-state index contributed by atoms with van der Waals surface area (Å²) in [5.74, 6) is 1.21. The van der Waals surface area contributed by atoms with E-state index in [1.807, 2.05) is 0 Å². The molecule has 3 unspecified atom stereocenters. The summed E-state index contributed by atoms with van der Waals surface area (Å²) < 4.78 is 5.44. The van der Waals surface area contributed by atoms with Crippen LogP contribution in [0.25, 0.3) is 0 Å². The average Bonchev–Trinajstić information content (AvgIpc) is 2.66. The van der Waals surface area contributed by atoms with Crippen molar-refractivity contribution in [3.05, 3.63) is 12.2 Å². The summed E-state index contributed by atoms with van der Waals surface area (Å²) in [4.78, 5) is 12.0. The smallest absolute Gasteiger partial charge is 0.138 e. The fourth-order valence-electron chi connectivity index (χ4n) is 2.53. The van der Waals surface area contributed by atoms with Crippen LogP contribution in [0.3, 0.4) is 0 Å². The predicted octanol–water partition coefficient (Wildman–Crippen LogP) is 2.73. The van der Waals surface area contributed by atoms with Gasteiger partial charge in [-0.05, 0) is 38.5 Å². The second-order valence-corrected chi connectivity index (χ2v) is 4.90. The second kappa shape index (κ2) is 4.93. The van der Waals surface area contributed by atoms with Gasteiger partial charge < -0.3 is 4.74 Å². The van der Waals surface area contributed by atoms with E-state index in [1.165, 1.54) is 6.42 Å². The lowest BCUT2D eigenvalue weighted by atomic mass is 9.86. The molecule has 0 N–H and O–H groups in total. The molecule has 1 aliphatic heterocycles. The number of rotatable bonds is 3. The zero-order chi connectivity index (χ0) is 10.7. The third kappa shape index (κ3) is 2.91. The maximum absolute atomic E-state index is 12.0. The van der Waals surface area contributed by atoms with Gasteiger partial charge in [0.2, 0.25) is 0 Å². The number of allylic oxidation sites excluding steroid dienone is 2. The van der Waals surface area contributed by atoms with Gasteiger partial charge >= 0.3 is 0 Å². The Hall–Kier alpha value is -0.630. The molecule has 2 nitrogen and oxygen atoms in total. The maximum Gasteiger partial charge on any atom is 0.138 e. The van der Waals surface area contributed by atoms with Crippen LogP contribution in [0.15, 0.2) is 12.2 Å². The minimum atomic E-state index is 0.186. The second-order valence-electron chi connectivity index (χ2n) is 4.90. The molecule has 0 aromatic carbocycles. The molecule has 0 radical (unpaired) electrons. The lowest BCUT2D eigenvalue weighted by Gasteiger charge is -2.18. The van der Waals surface area contributed by atoms with Gasteiger partial charge in [0.15, 0.2) is 0 Å². The lowest BCUT2D eigenvalue weighted by molar-refractivity contribution is -0.123. The predicted molar refractivity (Wildman–Crippen MR) is 59.6 cm³/mol. The van der Waals surface area contributed by atoms with Gasteiger partial charge in [-0.3, -0.25) is 4.79 Å². The van der Waals surface area contributed by atoms with Crippen molar-refractivity contribution in [2.24, 2.45) is 11.8 Å². The molecule has 3 atom stereocenters. The number of Topliss-reactive ketones (excluding diaryl/α,β-unsaturated/α-hetero) is 1. The Balaban J connectivity index is 1.79. The quantitative estimate of drug-likeness (QED) is 0.667. The normalized spacial score (nSPS) is 35.7. The van der Waals surface area contributed by atoms with Gasteiger partial charge in [0.1, 0.15) is 5.78 Å². The summed E-state index contributed by atoms with van der Waals surface area (Å²) in [5, 5.41) is 0. The molecule has 2 rings (SSSR count). The van der Waals surface area contributed by atoms with E-state index in [-0.39, 0.29) is 12.0 Å². The third-order valence-electron chi connectivity index (χ3n) is 3.52. The van der Waals surface area contributed by atoms with Crippen LogP contribution >= 0.6 is 0 Å². The number of hydrogen-bond donors (Lipinski definition) is 0. The summed E-state index contributed by atoms with van der Waals surface area (Å²) >= 11 is 0. The first-order chi connectivity index (χ1) is 7.25. The van der Waals surface area contributed by atoms with Gasteiger partial charge in [0.05, 0.1) is 12.7 Å². The summed E-state index contributed by atoms with van der Waals surface area (Å²) in [6.45, 7) is 2.71. The molecule has 0 amide bonds. The van der Waals surface area contributed by atoms with E-state index in [9.17, 15) is 4.79 Å². The fraction of sp³-hybridized carbons (Fsp3) is 0.769. The minimum absolute atomic E-state index is 0.186. The molecule has 0 aromatic rings. The Morgan fingerprint density at radius 2 is 2.33 bits per heavy atom. The van der Waals surface area contributed by atoms with Crippen LogP contribution in [0.5, 0.6) is 0 Å². The van der Waals surface area contributed by atoms with Gasteiger partial charge in [-0.2, -0.15) is 0 Å². The highest BCUT2D eigenvalue weighted by Crippen LogP contribution is 2.27. The number of ether oxygens (including phenoxy) is 1. The van der Waals surface area contributed by atoms with Crippen LogP contribution in [0.4, 0.5) is 0 Å². The third-order valence-corrected chi connectivity index (χ3v) is 3.52. The molecule has 15 heavy (non-hydrogen) atoms. The lowest BCUT2D eigenvalue weighted by Crippen LogP contribution is -2.19. The van der Waals surface area contributed by atoms with E-state index in [2.05, 4.69) is 19.1 Å². The van der Waals surface area contributed by atoms with Crippen molar-refractivity contribution in [2.45, 2.75) is 45.1 Å². The van der Waals surface area contributed by atoms with E-state index in [4.69, 9.17) is 4.74 Å². The highest BCUT2D eigenvalue weighted by atomic mass is 16.5. The fourth-order valence-corrected chi connectivity index (χ4v) is 2.53. The average molecular weight is 208 g/mol. The zero-order valence-electron chi connectivity index (χ0n) is 9.45. The van der Waals surface area contributed by atoms with Crippen LogP contribution < -0.4 is 0 Å². The van der Waals surface area contributed by atoms with E-state index in [0.717, 1.165) is 25.7 Å². The van der Waals surface area contributed by atoms with Gasteiger partial charge in [-0.1, -0.05) is 12.2 Å². The van der Waals surface area contributed by atoms with Crippen LogP contribution in [0.2, 0.25) is 0 Å². The van der Waals surface area contributed by atoms with E-state index >= 15 is 0 Å². The van der Waals surface area contributed by atoms with Gasteiger partial charge in [-0.15, -0.1) is 0 Å². The van der Waals surface area contributed by atoms with Crippen LogP contribution in [-0.2, 0) is 9.53 Å². The van der Waals surface area contributed by atoms with Gasteiger partial charge in [0, 0.05) is 12.3 Å². The molecule has 84 valence electrons. The van der Waals surface area contributed by atoms with Crippen molar-refractivity contribution in [3.63, 3.8) is 0 Å². The van der Waals surface area contributed by atoms with Crippen LogP contribution in [0.1, 0.15) is 39.0 Å². The van der Waals surface area contributed by atoms with Crippen molar-refractivity contribution < 1.29 is 9.53 Å². The molecule has 1 aliphatic carbocycles. The molecule has 1 fully saturated rings. The monoisotopic (exact) mass is 208 g/mol. The highest BCUT2D eigenvalue weighted by molar-refractivity contribution is 5.81. The Labute approximate surface area is 91.7 Å². The van der Waals surface area contributed by atoms with Gasteiger partial charge in [-0.25, -0.2) is 0 Å². The minimum Gasteiger partial charge on any atom is -0.378 e. The largest absolute Gasteiger partial charge is 0.378 e. The number of hydrogen-bond acceptors (Lipinski definition) is 2. The van der Waals surface area contributed by atoms with Crippen molar-refractivity contribution in [1.82, 2.24) is 0 Å². The first kappa shape index (κ1) is 10.9. The Morgan fingerprint density at radius 3 is 2.93 bits per heavy atom. The Kier molecular flexibility index (Phi) is 3.57. The van der Waals surface area contributed by atoms with Crippen LogP contribution in [-0.4, -0.2) is 18.5 Å². The molecule has 2 aliphatic rings. The number of carbonyl (C=O) groups excluding carboxylic acids is 1. The molecule has 0 spiro atoms. The molecule has 1 saturated heterocycles. The number of ketones is 1. The topological polar surface area (TPSA) is 26.3 Å². The molecular weight excluding hydrogens is 188 g/mol. The summed E-state index contributed by atoms with van der Waals surface area (Å²) in [6.07, 6.45) is 9.85. The first-order valence-corrected chi connectivity index (χ1v) is 6.05. The number of carbonyl (C=O) groups is 1. The van der Waals surface area contributed by atoms with Gasteiger partial charge in [0.25, 0.3) is 0 Å². The Bertz CT molecular complexity index is 257. The highest BCUT2D eigenvalue weighted by Gasteiger charge is 2.29. The SMILES string of the molecule is CC1CC(C(=O)CC2CC=CCC2)CO1. The summed E-state index contributed by atoms with van der Waals surface area (Å²) in [6, 6.07) is 0. The van der Waals surface area contributed by atoms with Crippen molar-refractivity contribution in [3.8, 4) is 0 Å². The standard InChI is InChI=1S/C13H20O2/c1-10-7-12(9-15-10)13(14)8-11-5-3-2-4-6-11/h2-3,10-12H,4-9H2,1H3. The molecule has 0 bridgehead atoms. The molecule has 0 aromatic heterocycles. The molecule has 0 saturated carbocycles. The van der Waals surface area contributed by atoms with Crippen molar-refractivity contribution >= 4 is 5.78 Å². The molecular formula is C13H20O2. The first-order valence-electron chi connectivity index (χ1n) is 6.05. The molecule has 2 heteroatoms. The zero-order valence-corrected chi connectivity index (χ0v) is 9.45. The van der Waals surface area contributed by atoms with E-state index in [1.54, 1.807) is 0 Å². The van der Waals surface area contributed by atoms with Crippen molar-refractivity contribution in [1.29, 1.82) is 0 Å².